The van der Waals surface area contributed by atoms with E-state index in [0.717, 1.165) is 0 Å². The van der Waals surface area contributed by atoms with Gasteiger partial charge in [0.25, 0.3) is 0 Å². The van der Waals surface area contributed by atoms with Crippen LogP contribution in [0.2, 0.25) is 0 Å². The number of aliphatic hydroxyl groups excluding tert-OH is 1. The highest BCUT2D eigenvalue weighted by atomic mass is 19.1. The number of anilines is 1. The van der Waals surface area contributed by atoms with Crippen molar-refractivity contribution in [1.82, 2.24) is 9.55 Å². The van der Waals surface area contributed by atoms with E-state index in [2.05, 4.69) is 4.98 Å². The number of nitrogen functional groups attached to an aromatic ring is 1. The Morgan fingerprint density at radius 1 is 1.85 bits per heavy atom. The third-order valence-corrected chi connectivity index (χ3v) is 3.10. The Morgan fingerprint density at radius 2 is 2.50 bits per heavy atom. The first-order valence-corrected chi connectivity index (χ1v) is 5.60. The van der Waals surface area contributed by atoms with E-state index in [1.807, 2.05) is 0 Å². The molecule has 2 rings (SSSR count). The Labute approximate surface area is 116 Å². The van der Waals surface area contributed by atoms with Crippen molar-refractivity contribution in [2.75, 3.05) is 12.3 Å². The zero-order valence-corrected chi connectivity index (χ0v) is 10.4. The van der Waals surface area contributed by atoms with Crippen molar-refractivity contribution in [2.45, 2.75) is 31.0 Å². The zero-order chi connectivity index (χ0) is 16.9. The number of aryl methyl sites for hydroxylation is 1. The van der Waals surface area contributed by atoms with Crippen LogP contribution in [-0.2, 0) is 4.74 Å². The Morgan fingerprint density at radius 3 is 3.00 bits per heavy atom. The fourth-order valence-electron chi connectivity index (χ4n) is 2.10. The van der Waals surface area contributed by atoms with Crippen LogP contribution in [0.1, 0.15) is 14.7 Å². The summed E-state index contributed by atoms with van der Waals surface area (Å²) >= 11 is 0. The van der Waals surface area contributed by atoms with Gasteiger partial charge in [0.05, 0.1) is 9.30 Å². The van der Waals surface area contributed by atoms with Gasteiger partial charge < -0.3 is 20.7 Å². The second-order valence-corrected chi connectivity index (χ2v) is 4.37. The molecule has 1 aromatic heterocycles. The maximum absolute atomic E-state index is 14.9. The second-order valence-electron chi connectivity index (χ2n) is 4.37. The fourth-order valence-corrected chi connectivity index (χ4v) is 2.10. The van der Waals surface area contributed by atoms with E-state index in [9.17, 15) is 19.4 Å². The molecule has 8 heteroatoms. The van der Waals surface area contributed by atoms with E-state index in [1.165, 1.54) is 13.0 Å². The fraction of sp³-hybridized carbons (Fsp3) is 0.500. The van der Waals surface area contributed by atoms with E-state index in [0.29, 0.717) is 4.57 Å². The molecule has 0 bridgehead atoms. The summed E-state index contributed by atoms with van der Waals surface area (Å²) in [7, 11) is 0. The normalized spacial score (nSPS) is 35.2. The van der Waals surface area contributed by atoms with Crippen molar-refractivity contribution >= 4 is 5.82 Å². The maximum Gasteiger partial charge on any atom is 0.351 e. The van der Waals surface area contributed by atoms with Gasteiger partial charge in [0.15, 0.2) is 6.23 Å². The van der Waals surface area contributed by atoms with Crippen molar-refractivity contribution in [3.63, 3.8) is 0 Å². The molecule has 1 unspecified atom stereocenters. The van der Waals surface area contributed by atoms with Gasteiger partial charge in [0.1, 0.15) is 18.0 Å². The largest absolute Gasteiger partial charge is 0.394 e. The number of nitrogens with two attached hydrogens (primary N) is 1. The van der Waals surface area contributed by atoms with Crippen LogP contribution < -0.4 is 11.4 Å². The summed E-state index contributed by atoms with van der Waals surface area (Å²) in [6.45, 7) is -1.66. The molecule has 0 aliphatic carbocycles. The van der Waals surface area contributed by atoms with Gasteiger partial charge in [-0.15, -0.1) is 6.42 Å². The molecule has 108 valence electrons. The van der Waals surface area contributed by atoms with Gasteiger partial charge >= 0.3 is 5.69 Å². The van der Waals surface area contributed by atoms with Gasteiger partial charge in [0.2, 0.25) is 5.67 Å². The van der Waals surface area contributed by atoms with Crippen LogP contribution in [-0.4, -0.2) is 44.2 Å². The highest BCUT2D eigenvalue weighted by Gasteiger charge is 2.57. The summed E-state index contributed by atoms with van der Waals surface area (Å²) in [5.41, 5.74) is 1.63. The van der Waals surface area contributed by atoms with Gasteiger partial charge in [-0.2, -0.15) is 4.98 Å². The average molecular weight is 285 g/mol. The summed E-state index contributed by atoms with van der Waals surface area (Å²) in [4.78, 5) is 15.4. The van der Waals surface area contributed by atoms with Gasteiger partial charge in [0, 0.05) is 5.69 Å². The SMILES string of the molecule is [2H]C([2H])(O)[C@H]1O[C@@H](n2c(C)cc(N)nc2=O)C(F)(C#C)[C@H]1O. The van der Waals surface area contributed by atoms with E-state index in [4.69, 9.17) is 19.6 Å². The smallest absolute Gasteiger partial charge is 0.351 e. The molecular formula is C12H14FN3O4. The molecule has 2 heterocycles. The third-order valence-electron chi connectivity index (χ3n) is 3.10. The van der Waals surface area contributed by atoms with Crippen molar-refractivity contribution < 1.29 is 22.1 Å². The summed E-state index contributed by atoms with van der Waals surface area (Å²) in [5.74, 6) is 1.57. The predicted molar refractivity (Wildman–Crippen MR) is 67.3 cm³/mol. The molecule has 1 aliphatic rings. The molecule has 4 N–H and O–H groups in total. The van der Waals surface area contributed by atoms with Crippen molar-refractivity contribution in [3.8, 4) is 12.3 Å². The van der Waals surface area contributed by atoms with Crippen LogP contribution >= 0.6 is 0 Å². The number of aromatic nitrogens is 2. The molecule has 1 aromatic rings. The van der Waals surface area contributed by atoms with Gasteiger partial charge in [-0.05, 0) is 13.0 Å². The lowest BCUT2D eigenvalue weighted by Gasteiger charge is -2.25. The van der Waals surface area contributed by atoms with Crippen molar-refractivity contribution in [1.29, 1.82) is 0 Å². The quantitative estimate of drug-likeness (QED) is 0.584. The third kappa shape index (κ3) is 1.96. The molecule has 7 nitrogen and oxygen atoms in total. The van der Waals surface area contributed by atoms with Crippen LogP contribution in [0.15, 0.2) is 10.9 Å². The zero-order valence-electron chi connectivity index (χ0n) is 12.4. The second kappa shape index (κ2) is 4.86. The van der Waals surface area contributed by atoms with Crippen LogP contribution in [0.4, 0.5) is 10.2 Å². The van der Waals surface area contributed by atoms with E-state index >= 15 is 0 Å². The average Bonchev–Trinajstić information content (AvgIpc) is 2.63. The molecule has 0 amide bonds. The Bertz CT molecular complexity index is 699. The molecule has 0 radical (unpaired) electrons. The first kappa shape index (κ1) is 11.8. The van der Waals surface area contributed by atoms with Crippen molar-refractivity contribution in [2.24, 2.45) is 0 Å². The summed E-state index contributed by atoms with van der Waals surface area (Å²) in [6.07, 6.45) is -0.941. The minimum atomic E-state index is -3.07. The van der Waals surface area contributed by atoms with Crippen LogP contribution in [0.25, 0.3) is 0 Å². The molecular weight excluding hydrogens is 269 g/mol. The monoisotopic (exact) mass is 285 g/mol. The van der Waals surface area contributed by atoms with Crippen molar-refractivity contribution in [3.05, 3.63) is 22.2 Å². The highest BCUT2D eigenvalue weighted by Crippen LogP contribution is 2.40. The molecule has 0 saturated carbocycles. The minimum absolute atomic E-state index is 0.100. The molecule has 1 saturated heterocycles. The molecule has 1 fully saturated rings. The maximum atomic E-state index is 14.9. The number of ether oxygens (including phenoxy) is 1. The predicted octanol–water partition coefficient (Wildman–Crippen LogP) is -1.27. The summed E-state index contributed by atoms with van der Waals surface area (Å²) in [6, 6.07) is 1.26. The number of hydrogen-bond donors (Lipinski definition) is 3. The lowest BCUT2D eigenvalue weighted by molar-refractivity contribution is -0.0551. The standard InChI is InChI=1S/C12H14FN3O4/c1-3-12(13)9(18)7(5-17)20-10(12)16-6(2)4-8(14)15-11(16)19/h1,4,7,9-10,17-18H,5H2,2H3,(H2,14,15,19)/t7-,9+,10-,12?/m1/s1/i5D2. The Balaban J connectivity index is 2.61. The molecule has 4 atom stereocenters. The molecule has 0 aromatic carbocycles. The number of aliphatic hydroxyl groups is 2. The topological polar surface area (TPSA) is 111 Å². The number of nitrogens with zero attached hydrogens (tertiary/aromatic N) is 2. The molecule has 0 spiro atoms. The van der Waals surface area contributed by atoms with E-state index in [1.54, 1.807) is 5.92 Å². The van der Waals surface area contributed by atoms with Gasteiger partial charge in [-0.1, -0.05) is 5.92 Å². The highest BCUT2D eigenvalue weighted by molar-refractivity contribution is 5.29. The van der Waals surface area contributed by atoms with Gasteiger partial charge in [-0.3, -0.25) is 4.57 Å². The van der Waals surface area contributed by atoms with Crippen LogP contribution in [0.5, 0.6) is 0 Å². The number of hydrogen-bond acceptors (Lipinski definition) is 6. The first-order valence-electron chi connectivity index (χ1n) is 6.60. The lowest BCUT2D eigenvalue weighted by Crippen LogP contribution is -2.44. The molecule has 20 heavy (non-hydrogen) atoms. The summed E-state index contributed by atoms with van der Waals surface area (Å²) < 4.78 is 35.0. The number of alkyl halides is 1. The Kier molecular flexibility index (Phi) is 2.88. The molecule has 1 aliphatic heterocycles. The Hall–Kier alpha value is -1.95. The summed E-state index contributed by atoms with van der Waals surface area (Å²) in [5, 5.41) is 19.3. The number of halogens is 1. The van der Waals surface area contributed by atoms with E-state index in [-0.39, 0.29) is 11.5 Å². The van der Waals surface area contributed by atoms with E-state index < -0.39 is 36.4 Å². The van der Waals surface area contributed by atoms with Gasteiger partial charge in [-0.25, -0.2) is 9.18 Å². The lowest BCUT2D eigenvalue weighted by atomic mass is 9.97. The minimum Gasteiger partial charge on any atom is -0.394 e. The number of terminal acetylenes is 1. The van der Waals surface area contributed by atoms with Crippen LogP contribution in [0, 0.1) is 19.3 Å². The first-order chi connectivity index (χ1) is 10.0. The van der Waals surface area contributed by atoms with Crippen LogP contribution in [0.3, 0.4) is 0 Å². The number of rotatable bonds is 2.